The van der Waals surface area contributed by atoms with Crippen molar-refractivity contribution in [3.05, 3.63) is 66.4 Å². The van der Waals surface area contributed by atoms with Gasteiger partial charge in [0.25, 0.3) is 0 Å². The van der Waals surface area contributed by atoms with Gasteiger partial charge in [-0.05, 0) is 24.1 Å². The highest BCUT2D eigenvalue weighted by atomic mass is 14.6. The fourth-order valence-electron chi connectivity index (χ4n) is 2.12. The number of hydrogen-bond donors (Lipinski definition) is 0. The summed E-state index contributed by atoms with van der Waals surface area (Å²) in [6.07, 6.45) is 11.7. The Labute approximate surface area is 95.1 Å². The highest BCUT2D eigenvalue weighted by Crippen LogP contribution is 2.26. The van der Waals surface area contributed by atoms with Gasteiger partial charge < -0.3 is 0 Å². The second-order valence-corrected chi connectivity index (χ2v) is 4.12. The molecule has 1 aromatic heterocycles. The molecule has 2 aromatic rings. The minimum absolute atomic E-state index is 0.488. The van der Waals surface area contributed by atoms with Crippen molar-refractivity contribution in [2.75, 3.05) is 0 Å². The third-order valence-corrected chi connectivity index (χ3v) is 3.02. The van der Waals surface area contributed by atoms with Gasteiger partial charge in [-0.15, -0.1) is 0 Å². The van der Waals surface area contributed by atoms with Crippen LogP contribution in [0.1, 0.15) is 17.9 Å². The number of hydrogen-bond acceptors (Lipinski definition) is 1. The molecule has 0 amide bonds. The summed E-state index contributed by atoms with van der Waals surface area (Å²) in [4.78, 5) is 4.50. The van der Waals surface area contributed by atoms with Gasteiger partial charge in [0, 0.05) is 17.5 Å². The first-order valence-electron chi connectivity index (χ1n) is 5.61. The molecule has 16 heavy (non-hydrogen) atoms. The summed E-state index contributed by atoms with van der Waals surface area (Å²) in [5, 5.41) is 1.22. The molecule has 1 aliphatic rings. The van der Waals surface area contributed by atoms with Crippen molar-refractivity contribution in [1.82, 2.24) is 4.98 Å². The second kappa shape index (κ2) is 3.93. The molecule has 0 saturated carbocycles. The topological polar surface area (TPSA) is 12.9 Å². The van der Waals surface area contributed by atoms with Crippen LogP contribution in [0.5, 0.6) is 0 Å². The van der Waals surface area contributed by atoms with Crippen LogP contribution in [-0.4, -0.2) is 4.98 Å². The lowest BCUT2D eigenvalue weighted by Crippen LogP contribution is -1.97. The predicted molar refractivity (Wildman–Crippen MR) is 67.4 cm³/mol. The van der Waals surface area contributed by atoms with E-state index in [9.17, 15) is 0 Å². The van der Waals surface area contributed by atoms with Gasteiger partial charge in [0.1, 0.15) is 0 Å². The van der Waals surface area contributed by atoms with E-state index in [1.807, 2.05) is 12.3 Å². The van der Waals surface area contributed by atoms with Crippen molar-refractivity contribution in [2.24, 2.45) is 0 Å². The molecule has 1 unspecified atom stereocenters. The predicted octanol–water partition coefficient (Wildman–Crippen LogP) is 3.83. The van der Waals surface area contributed by atoms with E-state index in [1.165, 1.54) is 10.9 Å². The monoisotopic (exact) mass is 207 g/mol. The van der Waals surface area contributed by atoms with E-state index in [0.717, 1.165) is 11.9 Å². The zero-order chi connectivity index (χ0) is 10.8. The van der Waals surface area contributed by atoms with Crippen LogP contribution < -0.4 is 0 Å². The number of allylic oxidation sites excluding steroid dienone is 4. The molecule has 0 radical (unpaired) electrons. The standard InChI is InChI=1S/C15H13N/c1-2-6-12(7-3-1)14-10-13-8-4-5-9-15(13)16-11-14/h1-6,8-12H,7H2. The van der Waals surface area contributed by atoms with Crippen molar-refractivity contribution < 1.29 is 0 Å². The lowest BCUT2D eigenvalue weighted by molar-refractivity contribution is 0.850. The molecular formula is C15H13N. The SMILES string of the molecule is C1=CCC(c2cnc3ccccc3c2)C=C1. The van der Waals surface area contributed by atoms with Crippen molar-refractivity contribution in [3.8, 4) is 0 Å². The van der Waals surface area contributed by atoms with E-state index < -0.39 is 0 Å². The Morgan fingerprint density at radius 3 is 2.94 bits per heavy atom. The molecule has 1 heterocycles. The number of para-hydroxylation sites is 1. The molecule has 1 heteroatoms. The summed E-state index contributed by atoms with van der Waals surface area (Å²) in [5.41, 5.74) is 2.38. The molecule has 1 nitrogen and oxygen atoms in total. The molecule has 78 valence electrons. The highest BCUT2D eigenvalue weighted by Gasteiger charge is 2.09. The van der Waals surface area contributed by atoms with Gasteiger partial charge in [-0.2, -0.15) is 0 Å². The minimum Gasteiger partial charge on any atom is -0.256 e. The summed E-state index contributed by atoms with van der Waals surface area (Å²) in [6, 6.07) is 10.5. The number of aromatic nitrogens is 1. The van der Waals surface area contributed by atoms with Crippen LogP contribution in [0.15, 0.2) is 60.8 Å². The first-order valence-corrected chi connectivity index (χ1v) is 5.61. The van der Waals surface area contributed by atoms with E-state index in [1.54, 1.807) is 0 Å². The largest absolute Gasteiger partial charge is 0.256 e. The van der Waals surface area contributed by atoms with Crippen LogP contribution >= 0.6 is 0 Å². The lowest BCUT2D eigenvalue weighted by atomic mass is 9.93. The Morgan fingerprint density at radius 2 is 2.06 bits per heavy atom. The van der Waals surface area contributed by atoms with Crippen molar-refractivity contribution in [2.45, 2.75) is 12.3 Å². The van der Waals surface area contributed by atoms with Gasteiger partial charge in [-0.1, -0.05) is 42.5 Å². The average molecular weight is 207 g/mol. The van der Waals surface area contributed by atoms with Crippen LogP contribution in [0.25, 0.3) is 10.9 Å². The van der Waals surface area contributed by atoms with Gasteiger partial charge in [0.15, 0.2) is 0 Å². The maximum Gasteiger partial charge on any atom is 0.0702 e. The molecule has 0 N–H and O–H groups in total. The average Bonchev–Trinajstić information content (AvgIpc) is 2.39. The van der Waals surface area contributed by atoms with Crippen molar-refractivity contribution >= 4 is 10.9 Å². The maximum absolute atomic E-state index is 4.50. The van der Waals surface area contributed by atoms with Gasteiger partial charge in [-0.25, -0.2) is 0 Å². The third kappa shape index (κ3) is 1.65. The molecule has 3 rings (SSSR count). The van der Waals surface area contributed by atoms with E-state index in [0.29, 0.717) is 5.92 Å². The molecule has 0 bridgehead atoms. The molecule has 0 aliphatic heterocycles. The van der Waals surface area contributed by atoms with E-state index in [4.69, 9.17) is 0 Å². The Bertz CT molecular complexity index is 566. The summed E-state index contributed by atoms with van der Waals surface area (Å²) in [5.74, 6) is 0.488. The number of nitrogens with zero attached hydrogens (tertiary/aromatic N) is 1. The summed E-state index contributed by atoms with van der Waals surface area (Å²) in [7, 11) is 0. The fraction of sp³-hybridized carbons (Fsp3) is 0.133. The van der Waals surface area contributed by atoms with Crippen molar-refractivity contribution in [1.29, 1.82) is 0 Å². The Morgan fingerprint density at radius 1 is 1.12 bits per heavy atom. The number of fused-ring (bicyclic) bond motifs is 1. The first-order chi connectivity index (χ1) is 7.93. The molecular weight excluding hydrogens is 194 g/mol. The highest BCUT2D eigenvalue weighted by molar-refractivity contribution is 5.78. The van der Waals surface area contributed by atoms with E-state index >= 15 is 0 Å². The smallest absolute Gasteiger partial charge is 0.0702 e. The van der Waals surface area contributed by atoms with Gasteiger partial charge in [-0.3, -0.25) is 4.98 Å². The van der Waals surface area contributed by atoms with Crippen LogP contribution in [-0.2, 0) is 0 Å². The number of benzene rings is 1. The Hall–Kier alpha value is -1.89. The number of rotatable bonds is 1. The maximum atomic E-state index is 4.50. The number of pyridine rings is 1. The van der Waals surface area contributed by atoms with E-state index in [2.05, 4.69) is 53.6 Å². The lowest BCUT2D eigenvalue weighted by Gasteiger charge is -2.13. The molecule has 0 spiro atoms. The summed E-state index contributed by atoms with van der Waals surface area (Å²) in [6.45, 7) is 0. The molecule has 0 fully saturated rings. The van der Waals surface area contributed by atoms with Gasteiger partial charge in [0.05, 0.1) is 5.52 Å². The van der Waals surface area contributed by atoms with Crippen molar-refractivity contribution in [3.63, 3.8) is 0 Å². The quantitative estimate of drug-likeness (QED) is 0.692. The van der Waals surface area contributed by atoms with Crippen LogP contribution in [0, 0.1) is 0 Å². The van der Waals surface area contributed by atoms with Gasteiger partial charge >= 0.3 is 0 Å². The Kier molecular flexibility index (Phi) is 2.30. The van der Waals surface area contributed by atoms with Crippen LogP contribution in [0.3, 0.4) is 0 Å². The Balaban J connectivity index is 2.05. The fourth-order valence-corrected chi connectivity index (χ4v) is 2.12. The third-order valence-electron chi connectivity index (χ3n) is 3.02. The second-order valence-electron chi connectivity index (χ2n) is 4.12. The molecule has 0 saturated heterocycles. The minimum atomic E-state index is 0.488. The van der Waals surface area contributed by atoms with Gasteiger partial charge in [0.2, 0.25) is 0 Å². The zero-order valence-electron chi connectivity index (χ0n) is 9.01. The molecule has 1 aromatic carbocycles. The zero-order valence-corrected chi connectivity index (χ0v) is 9.01. The normalized spacial score (nSPS) is 19.1. The molecule has 1 aliphatic carbocycles. The first kappa shape index (κ1) is 9.34. The summed E-state index contributed by atoms with van der Waals surface area (Å²) >= 11 is 0. The van der Waals surface area contributed by atoms with Crippen LogP contribution in [0.4, 0.5) is 0 Å². The van der Waals surface area contributed by atoms with Crippen LogP contribution in [0.2, 0.25) is 0 Å². The summed E-state index contributed by atoms with van der Waals surface area (Å²) < 4.78 is 0. The molecule has 1 atom stereocenters. The van der Waals surface area contributed by atoms with E-state index in [-0.39, 0.29) is 0 Å².